The second kappa shape index (κ2) is 8.38. The van der Waals surface area contributed by atoms with Crippen molar-refractivity contribution in [1.82, 2.24) is 9.88 Å². The van der Waals surface area contributed by atoms with Crippen LogP contribution in [0.5, 0.6) is 0 Å². The minimum absolute atomic E-state index is 0.0228. The van der Waals surface area contributed by atoms with Crippen LogP contribution in [-0.2, 0) is 9.59 Å². The number of piperidine rings is 1. The van der Waals surface area contributed by atoms with E-state index in [4.69, 9.17) is 0 Å². The van der Waals surface area contributed by atoms with Crippen LogP contribution in [0, 0.1) is 5.92 Å². The number of rotatable bonds is 6. The maximum Gasteiger partial charge on any atom is 0.231 e. The van der Waals surface area contributed by atoms with Crippen molar-refractivity contribution in [3.05, 3.63) is 11.6 Å². The van der Waals surface area contributed by atoms with Gasteiger partial charge in [-0.3, -0.25) is 9.59 Å². The Bertz CT molecular complexity index is 465. The first-order valence-corrected chi connectivity index (χ1v) is 9.30. The highest BCUT2D eigenvalue weighted by atomic mass is 32.2. The third-order valence-electron chi connectivity index (χ3n) is 3.47. The summed E-state index contributed by atoms with van der Waals surface area (Å²) in [7, 11) is 0. The summed E-state index contributed by atoms with van der Waals surface area (Å²) >= 11 is 3.19. The first kappa shape index (κ1) is 16.3. The molecule has 7 heteroatoms. The fourth-order valence-electron chi connectivity index (χ4n) is 2.37. The van der Waals surface area contributed by atoms with E-state index in [1.807, 2.05) is 10.3 Å². The average molecular weight is 327 g/mol. The molecule has 5 nitrogen and oxygen atoms in total. The van der Waals surface area contributed by atoms with E-state index in [0.717, 1.165) is 30.9 Å². The van der Waals surface area contributed by atoms with Gasteiger partial charge >= 0.3 is 0 Å². The molecule has 1 atom stereocenters. The van der Waals surface area contributed by atoms with E-state index in [1.54, 1.807) is 18.0 Å². The number of thioether (sulfide) groups is 1. The van der Waals surface area contributed by atoms with Crippen LogP contribution in [0.25, 0.3) is 0 Å². The first-order chi connectivity index (χ1) is 10.2. The Morgan fingerprint density at radius 3 is 3.14 bits per heavy atom. The van der Waals surface area contributed by atoms with Crippen molar-refractivity contribution in [2.45, 2.75) is 26.2 Å². The monoisotopic (exact) mass is 327 g/mol. The van der Waals surface area contributed by atoms with E-state index in [-0.39, 0.29) is 17.7 Å². The first-order valence-electron chi connectivity index (χ1n) is 7.26. The van der Waals surface area contributed by atoms with Crippen molar-refractivity contribution in [2.75, 3.05) is 29.9 Å². The molecule has 0 aliphatic carbocycles. The number of carbonyl (C=O) groups excluding carboxylic acids is 2. The molecule has 1 fully saturated rings. The zero-order chi connectivity index (χ0) is 15.1. The minimum Gasteiger partial charge on any atom is -0.342 e. The molecule has 0 saturated carbocycles. The predicted octanol–water partition coefficient (Wildman–Crippen LogP) is 2.46. The van der Waals surface area contributed by atoms with Crippen LogP contribution in [-0.4, -0.2) is 46.3 Å². The average Bonchev–Trinajstić information content (AvgIpc) is 3.00. The van der Waals surface area contributed by atoms with Crippen LogP contribution in [0.1, 0.15) is 26.2 Å². The molecule has 2 amide bonds. The van der Waals surface area contributed by atoms with Crippen molar-refractivity contribution in [1.29, 1.82) is 0 Å². The lowest BCUT2D eigenvalue weighted by Crippen LogP contribution is -2.43. The smallest absolute Gasteiger partial charge is 0.231 e. The van der Waals surface area contributed by atoms with E-state index in [0.29, 0.717) is 18.1 Å². The molecule has 1 aromatic heterocycles. The molecular weight excluding hydrogens is 306 g/mol. The summed E-state index contributed by atoms with van der Waals surface area (Å²) in [5, 5.41) is 5.29. The maximum absolute atomic E-state index is 12.2. The molecule has 0 aromatic carbocycles. The number of likely N-dealkylation sites (tertiary alicyclic amines) is 1. The van der Waals surface area contributed by atoms with Crippen LogP contribution >= 0.6 is 23.1 Å². The number of nitrogens with zero attached hydrogens (tertiary/aromatic N) is 2. The van der Waals surface area contributed by atoms with Crippen LogP contribution in [0.15, 0.2) is 11.6 Å². The largest absolute Gasteiger partial charge is 0.342 e. The lowest BCUT2D eigenvalue weighted by atomic mass is 9.97. The lowest BCUT2D eigenvalue weighted by Gasteiger charge is -2.32. The number of aromatic nitrogens is 1. The summed E-state index contributed by atoms with van der Waals surface area (Å²) in [6.45, 7) is 3.40. The molecule has 0 bridgehead atoms. The molecule has 1 saturated heterocycles. The van der Waals surface area contributed by atoms with Gasteiger partial charge in [0.15, 0.2) is 5.13 Å². The van der Waals surface area contributed by atoms with Crippen molar-refractivity contribution in [3.63, 3.8) is 0 Å². The number of hydrogen-bond donors (Lipinski definition) is 1. The van der Waals surface area contributed by atoms with E-state index < -0.39 is 0 Å². The normalized spacial score (nSPS) is 18.5. The molecular formula is C14H21N3O2S2. The van der Waals surface area contributed by atoms with Crippen LogP contribution in [0.2, 0.25) is 0 Å². The predicted molar refractivity (Wildman–Crippen MR) is 87.7 cm³/mol. The number of carbonyl (C=O) groups is 2. The van der Waals surface area contributed by atoms with Gasteiger partial charge in [-0.15, -0.1) is 11.3 Å². The molecule has 1 aliphatic heterocycles. The maximum atomic E-state index is 12.2. The molecule has 21 heavy (non-hydrogen) atoms. The molecule has 1 N–H and O–H groups in total. The SMILES string of the molecule is CCSCCC(=O)N1CCCC(C(=O)Nc2nccs2)C1. The quantitative estimate of drug-likeness (QED) is 0.815. The second-order valence-corrected chi connectivity index (χ2v) is 7.24. The van der Waals surface area contributed by atoms with Crippen molar-refractivity contribution in [2.24, 2.45) is 5.92 Å². The summed E-state index contributed by atoms with van der Waals surface area (Å²) in [5.74, 6) is 1.92. The summed E-state index contributed by atoms with van der Waals surface area (Å²) in [5.41, 5.74) is 0. The van der Waals surface area contributed by atoms with E-state index in [1.165, 1.54) is 11.3 Å². The van der Waals surface area contributed by atoms with Gasteiger partial charge in [-0.1, -0.05) is 6.92 Å². The van der Waals surface area contributed by atoms with E-state index in [2.05, 4.69) is 17.2 Å². The third-order valence-corrected chi connectivity index (χ3v) is 5.06. The van der Waals surface area contributed by atoms with Crippen molar-refractivity contribution in [3.8, 4) is 0 Å². The standard InChI is InChI=1S/C14H21N3O2S2/c1-2-20-8-5-12(18)17-7-3-4-11(10-17)13(19)16-14-15-6-9-21-14/h6,9,11H,2-5,7-8,10H2,1H3,(H,15,16,19). The van der Waals surface area contributed by atoms with Crippen LogP contribution < -0.4 is 5.32 Å². The fraction of sp³-hybridized carbons (Fsp3) is 0.643. The third kappa shape index (κ3) is 5.00. The minimum atomic E-state index is -0.120. The highest BCUT2D eigenvalue weighted by Crippen LogP contribution is 2.20. The number of amides is 2. The van der Waals surface area contributed by atoms with Gasteiger partial charge in [-0.25, -0.2) is 4.98 Å². The Kier molecular flexibility index (Phi) is 6.50. The molecule has 1 aromatic rings. The summed E-state index contributed by atoms with van der Waals surface area (Å²) in [4.78, 5) is 30.2. The van der Waals surface area contributed by atoms with E-state index >= 15 is 0 Å². The lowest BCUT2D eigenvalue weighted by molar-refractivity contribution is -0.134. The van der Waals surface area contributed by atoms with Gasteiger partial charge in [-0.2, -0.15) is 11.8 Å². The Morgan fingerprint density at radius 2 is 2.43 bits per heavy atom. The van der Waals surface area contributed by atoms with Crippen molar-refractivity contribution >= 4 is 40.0 Å². The van der Waals surface area contributed by atoms with Gasteiger partial charge in [0, 0.05) is 36.8 Å². The Hall–Kier alpha value is -1.08. The number of hydrogen-bond acceptors (Lipinski definition) is 5. The van der Waals surface area contributed by atoms with Gasteiger partial charge in [0.1, 0.15) is 0 Å². The number of anilines is 1. The van der Waals surface area contributed by atoms with Gasteiger partial charge in [0.25, 0.3) is 0 Å². The van der Waals surface area contributed by atoms with Gasteiger partial charge < -0.3 is 10.2 Å². The molecule has 1 unspecified atom stereocenters. The Balaban J connectivity index is 1.82. The summed E-state index contributed by atoms with van der Waals surface area (Å²) in [6, 6.07) is 0. The number of nitrogens with one attached hydrogen (secondary N) is 1. The number of thiazole rings is 1. The molecule has 0 spiro atoms. The topological polar surface area (TPSA) is 62.3 Å². The zero-order valence-electron chi connectivity index (χ0n) is 12.2. The molecule has 0 radical (unpaired) electrons. The Labute approximate surface area is 133 Å². The van der Waals surface area contributed by atoms with E-state index in [9.17, 15) is 9.59 Å². The van der Waals surface area contributed by atoms with Crippen LogP contribution in [0.3, 0.4) is 0 Å². The summed E-state index contributed by atoms with van der Waals surface area (Å²) < 4.78 is 0. The summed E-state index contributed by atoms with van der Waals surface area (Å²) in [6.07, 6.45) is 3.97. The second-order valence-electron chi connectivity index (χ2n) is 4.95. The van der Waals surface area contributed by atoms with Crippen molar-refractivity contribution < 1.29 is 9.59 Å². The highest BCUT2D eigenvalue weighted by Gasteiger charge is 2.28. The zero-order valence-corrected chi connectivity index (χ0v) is 13.8. The highest BCUT2D eigenvalue weighted by molar-refractivity contribution is 7.99. The molecule has 2 rings (SSSR count). The molecule has 1 aliphatic rings. The Morgan fingerprint density at radius 1 is 1.57 bits per heavy atom. The van der Waals surface area contributed by atoms with Crippen LogP contribution in [0.4, 0.5) is 5.13 Å². The molecule has 2 heterocycles. The van der Waals surface area contributed by atoms with Gasteiger partial charge in [0.2, 0.25) is 11.8 Å². The van der Waals surface area contributed by atoms with Gasteiger partial charge in [-0.05, 0) is 18.6 Å². The van der Waals surface area contributed by atoms with Gasteiger partial charge in [0.05, 0.1) is 5.92 Å². The molecule has 116 valence electrons. The fourth-order valence-corrected chi connectivity index (χ4v) is 3.51.